The van der Waals surface area contributed by atoms with Crippen LogP contribution in [0, 0.1) is 5.82 Å². The number of rotatable bonds is 8. The van der Waals surface area contributed by atoms with Crippen LogP contribution >= 0.6 is 23.4 Å². The summed E-state index contributed by atoms with van der Waals surface area (Å²) in [6, 6.07) is 17.3. The summed E-state index contributed by atoms with van der Waals surface area (Å²) in [6.07, 6.45) is 0. The number of carbonyl (C=O) groups excluding carboxylic acids is 2. The molecule has 0 radical (unpaired) electrons. The Bertz CT molecular complexity index is 1160. The van der Waals surface area contributed by atoms with Crippen LogP contribution < -0.4 is 10.6 Å². The number of thioether (sulfide) groups is 1. The van der Waals surface area contributed by atoms with Crippen molar-refractivity contribution in [1.82, 2.24) is 0 Å². The molecule has 0 bridgehead atoms. The van der Waals surface area contributed by atoms with Crippen molar-refractivity contribution in [3.05, 3.63) is 83.1 Å². The Morgan fingerprint density at radius 3 is 2.21 bits per heavy atom. The zero-order valence-corrected chi connectivity index (χ0v) is 18.2. The molecule has 3 rings (SSSR count). The minimum absolute atomic E-state index is 0. The fraction of sp³-hybridized carbons (Fsp3) is 0.0870. The molecule has 0 aromatic heterocycles. The van der Waals surface area contributed by atoms with Gasteiger partial charge in [-0.15, -0.1) is 11.8 Å². The van der Waals surface area contributed by atoms with Crippen molar-refractivity contribution in [2.45, 2.75) is 0 Å². The first-order valence-corrected chi connectivity index (χ1v) is 10.9. The van der Waals surface area contributed by atoms with Gasteiger partial charge in [0.2, 0.25) is 11.8 Å². The molecule has 166 valence electrons. The predicted molar refractivity (Wildman–Crippen MR) is 132 cm³/mol. The number of aromatic carboxylic acids is 1. The molecule has 33 heavy (non-hydrogen) atoms. The van der Waals surface area contributed by atoms with Crippen LogP contribution in [0.4, 0.5) is 15.8 Å². The number of amides is 2. The summed E-state index contributed by atoms with van der Waals surface area (Å²) in [5.74, 6) is -2.28. The van der Waals surface area contributed by atoms with Crippen molar-refractivity contribution < 1.29 is 23.9 Å². The first kappa shape index (κ1) is 26.9. The van der Waals surface area contributed by atoms with Gasteiger partial charge in [-0.1, -0.05) is 35.9 Å². The van der Waals surface area contributed by atoms with Crippen molar-refractivity contribution in [2.24, 2.45) is 0 Å². The fourth-order valence-corrected chi connectivity index (χ4v) is 3.63. The molecule has 0 spiro atoms. The summed E-state index contributed by atoms with van der Waals surface area (Å²) < 4.78 is 13.1. The third kappa shape index (κ3) is 8.17. The van der Waals surface area contributed by atoms with Gasteiger partial charge in [-0.3, -0.25) is 9.59 Å². The quantitative estimate of drug-likeness (QED) is 0.399. The topological polar surface area (TPSA) is 95.5 Å². The average Bonchev–Trinajstić information content (AvgIpc) is 2.75. The Labute approximate surface area is 221 Å². The Balaban J connectivity index is 0.00000385. The molecule has 0 heterocycles. The molecule has 2 amide bonds. The summed E-state index contributed by atoms with van der Waals surface area (Å²) in [5.41, 5.74) is 2.24. The van der Waals surface area contributed by atoms with E-state index < -0.39 is 11.9 Å². The SMILES string of the molecule is O=C(CSCC(=O)Nc1ccc(Cl)cc1C(=O)O)Nc1cccc(-c2ccc(F)cc2)c1.[NaH]. The number of hydrogen-bond acceptors (Lipinski definition) is 4. The second-order valence-electron chi connectivity index (χ2n) is 6.67. The molecule has 0 unspecified atom stereocenters. The van der Waals surface area contributed by atoms with Crippen LogP contribution in [0.5, 0.6) is 0 Å². The second kappa shape index (κ2) is 12.8. The van der Waals surface area contributed by atoms with Gasteiger partial charge in [0.1, 0.15) is 5.82 Å². The molecule has 0 aliphatic carbocycles. The van der Waals surface area contributed by atoms with Gasteiger partial charge < -0.3 is 15.7 Å². The number of halogens is 2. The van der Waals surface area contributed by atoms with E-state index in [1.165, 1.54) is 30.3 Å². The average molecular weight is 497 g/mol. The van der Waals surface area contributed by atoms with E-state index in [4.69, 9.17) is 11.6 Å². The third-order valence-electron chi connectivity index (χ3n) is 4.28. The molecule has 0 atom stereocenters. The van der Waals surface area contributed by atoms with Crippen LogP contribution in [0.1, 0.15) is 10.4 Å². The van der Waals surface area contributed by atoms with E-state index in [0.717, 1.165) is 22.9 Å². The van der Waals surface area contributed by atoms with Gasteiger partial charge in [0.25, 0.3) is 0 Å². The summed E-state index contributed by atoms with van der Waals surface area (Å²) in [6.45, 7) is 0. The van der Waals surface area contributed by atoms with E-state index in [1.807, 2.05) is 6.07 Å². The maximum atomic E-state index is 13.1. The number of carboxylic acid groups (broad SMARTS) is 1. The van der Waals surface area contributed by atoms with Gasteiger partial charge in [-0.25, -0.2) is 9.18 Å². The number of anilines is 2. The van der Waals surface area contributed by atoms with Gasteiger partial charge in [-0.2, -0.15) is 0 Å². The molecule has 0 saturated carbocycles. The third-order valence-corrected chi connectivity index (χ3v) is 5.44. The van der Waals surface area contributed by atoms with Gasteiger partial charge in [0, 0.05) is 10.7 Å². The number of benzene rings is 3. The minimum atomic E-state index is -1.21. The summed E-state index contributed by atoms with van der Waals surface area (Å²) in [4.78, 5) is 35.6. The number of nitrogens with one attached hydrogen (secondary N) is 2. The van der Waals surface area contributed by atoms with Gasteiger partial charge in [-0.05, 0) is 53.6 Å². The van der Waals surface area contributed by atoms with Crippen LogP contribution in [0.25, 0.3) is 11.1 Å². The maximum absolute atomic E-state index is 13.1. The van der Waals surface area contributed by atoms with Gasteiger partial charge in [0.15, 0.2) is 0 Å². The van der Waals surface area contributed by atoms with Crippen molar-refractivity contribution in [3.63, 3.8) is 0 Å². The second-order valence-corrected chi connectivity index (χ2v) is 8.09. The normalized spacial score (nSPS) is 10.1. The van der Waals surface area contributed by atoms with Gasteiger partial charge in [0.05, 0.1) is 22.8 Å². The molecule has 6 nitrogen and oxygen atoms in total. The van der Waals surface area contributed by atoms with Crippen LogP contribution in [0.2, 0.25) is 5.02 Å². The van der Waals surface area contributed by atoms with Crippen LogP contribution in [-0.2, 0) is 9.59 Å². The van der Waals surface area contributed by atoms with E-state index in [9.17, 15) is 23.9 Å². The standard InChI is InChI=1S/C23H18ClFN2O4S.Na.H/c24-16-6-9-20(19(11-16)23(30)31)27-22(29)13-32-12-21(28)26-18-3-1-2-15(10-18)14-4-7-17(25)8-5-14;;/h1-11H,12-13H2,(H,26,28)(H,27,29)(H,30,31);;. The van der Waals surface area contributed by atoms with E-state index in [-0.39, 0.29) is 69.1 Å². The molecule has 10 heteroatoms. The Morgan fingerprint density at radius 2 is 1.55 bits per heavy atom. The molecule has 3 N–H and O–H groups in total. The van der Waals surface area contributed by atoms with Crippen molar-refractivity contribution >= 4 is 82.1 Å². The summed E-state index contributed by atoms with van der Waals surface area (Å²) >= 11 is 6.88. The number of carbonyl (C=O) groups is 3. The Hall–Kier alpha value is -2.36. The molecule has 0 aliphatic rings. The zero-order chi connectivity index (χ0) is 23.1. The number of carboxylic acids is 1. The molecule has 0 fully saturated rings. The van der Waals surface area contributed by atoms with E-state index in [2.05, 4.69) is 10.6 Å². The van der Waals surface area contributed by atoms with Crippen LogP contribution in [-0.4, -0.2) is 64.0 Å². The molecule has 3 aromatic rings. The van der Waals surface area contributed by atoms with E-state index in [0.29, 0.717) is 5.69 Å². The van der Waals surface area contributed by atoms with Crippen LogP contribution in [0.15, 0.2) is 66.7 Å². The van der Waals surface area contributed by atoms with Crippen molar-refractivity contribution in [2.75, 3.05) is 22.1 Å². The first-order chi connectivity index (χ1) is 15.3. The van der Waals surface area contributed by atoms with Crippen LogP contribution in [0.3, 0.4) is 0 Å². The first-order valence-electron chi connectivity index (χ1n) is 9.38. The fourth-order valence-electron chi connectivity index (χ4n) is 2.84. The van der Waals surface area contributed by atoms with Gasteiger partial charge >= 0.3 is 35.5 Å². The monoisotopic (exact) mass is 496 g/mol. The molecule has 0 aliphatic heterocycles. The van der Waals surface area contributed by atoms with E-state index in [1.54, 1.807) is 30.3 Å². The summed E-state index contributed by atoms with van der Waals surface area (Å²) in [5, 5.41) is 14.7. The Morgan fingerprint density at radius 1 is 0.879 bits per heavy atom. The summed E-state index contributed by atoms with van der Waals surface area (Å²) in [7, 11) is 0. The predicted octanol–water partition coefficient (Wildman–Crippen LogP) is 4.51. The molecular weight excluding hydrogens is 478 g/mol. The van der Waals surface area contributed by atoms with Crippen molar-refractivity contribution in [1.29, 1.82) is 0 Å². The molecular formula is C23H19ClFN2NaO4S. The molecule has 0 saturated heterocycles. The number of hydrogen-bond donors (Lipinski definition) is 3. The zero-order valence-electron chi connectivity index (χ0n) is 16.6. The van der Waals surface area contributed by atoms with Crippen molar-refractivity contribution in [3.8, 4) is 11.1 Å². The van der Waals surface area contributed by atoms with E-state index >= 15 is 0 Å². The Kier molecular flexibility index (Phi) is 10.4. The molecule has 3 aromatic carbocycles.